The molecular weight excluding hydrogens is 296 g/mol. The third kappa shape index (κ3) is 2.80. The third-order valence-electron chi connectivity index (χ3n) is 4.32. The van der Waals surface area contributed by atoms with E-state index in [-0.39, 0.29) is 5.91 Å². The van der Waals surface area contributed by atoms with Crippen LogP contribution in [0.3, 0.4) is 0 Å². The molecule has 5 nitrogen and oxygen atoms in total. The van der Waals surface area contributed by atoms with Gasteiger partial charge in [-0.15, -0.1) is 11.3 Å². The van der Waals surface area contributed by atoms with Crippen LogP contribution in [0.4, 0.5) is 0 Å². The van der Waals surface area contributed by atoms with E-state index in [9.17, 15) is 4.79 Å². The number of likely N-dealkylation sites (tertiary alicyclic amines) is 1. The summed E-state index contributed by atoms with van der Waals surface area (Å²) < 4.78 is 1.83. The lowest BCUT2D eigenvalue weighted by Gasteiger charge is -2.41. The van der Waals surface area contributed by atoms with Gasteiger partial charge in [0.1, 0.15) is 0 Å². The Morgan fingerprint density at radius 3 is 3.00 bits per heavy atom. The second-order valence-electron chi connectivity index (χ2n) is 5.89. The lowest BCUT2D eigenvalue weighted by atomic mass is 9.88. The van der Waals surface area contributed by atoms with E-state index in [2.05, 4.69) is 34.4 Å². The first-order valence-corrected chi connectivity index (χ1v) is 8.46. The predicted octanol–water partition coefficient (Wildman–Crippen LogP) is 1.99. The van der Waals surface area contributed by atoms with E-state index < -0.39 is 5.54 Å². The molecule has 1 N–H and O–H groups in total. The third-order valence-corrected chi connectivity index (χ3v) is 5.30. The van der Waals surface area contributed by atoms with Gasteiger partial charge in [0.15, 0.2) is 5.54 Å². The standard InChI is InChI=1S/C16H22N4OS/c1-13-5-6-14(22-13)11-19-9-3-7-16(12-19,15(21)17-2)20-10-4-8-18-20/h4-6,8,10H,3,7,9,11-12H2,1-2H3,(H,17,21). The van der Waals surface area contributed by atoms with Crippen LogP contribution in [0, 0.1) is 6.92 Å². The maximum atomic E-state index is 12.6. The number of hydrogen-bond donors (Lipinski definition) is 1. The molecule has 0 aromatic carbocycles. The summed E-state index contributed by atoms with van der Waals surface area (Å²) in [6, 6.07) is 6.22. The van der Waals surface area contributed by atoms with Crippen LogP contribution in [-0.4, -0.2) is 40.7 Å². The molecule has 0 radical (unpaired) electrons. The van der Waals surface area contributed by atoms with E-state index in [1.165, 1.54) is 9.75 Å². The molecule has 6 heteroatoms. The van der Waals surface area contributed by atoms with E-state index in [1.54, 1.807) is 13.2 Å². The number of amides is 1. The van der Waals surface area contributed by atoms with E-state index in [0.29, 0.717) is 6.54 Å². The summed E-state index contributed by atoms with van der Waals surface area (Å²) in [5.41, 5.74) is -0.594. The quantitative estimate of drug-likeness (QED) is 0.938. The highest BCUT2D eigenvalue weighted by Crippen LogP contribution is 2.30. The van der Waals surface area contributed by atoms with Crippen LogP contribution in [-0.2, 0) is 16.9 Å². The Kier molecular flexibility index (Phi) is 4.31. The van der Waals surface area contributed by atoms with Gasteiger partial charge in [-0.05, 0) is 44.5 Å². The summed E-state index contributed by atoms with van der Waals surface area (Å²) in [6.07, 6.45) is 5.46. The molecule has 0 saturated carbocycles. The highest BCUT2D eigenvalue weighted by Gasteiger charge is 2.44. The van der Waals surface area contributed by atoms with Gasteiger partial charge >= 0.3 is 0 Å². The number of nitrogens with one attached hydrogen (secondary N) is 1. The zero-order valence-electron chi connectivity index (χ0n) is 13.1. The van der Waals surface area contributed by atoms with Gasteiger partial charge in [-0.25, -0.2) is 0 Å². The Balaban J connectivity index is 1.83. The van der Waals surface area contributed by atoms with Crippen molar-refractivity contribution in [3.63, 3.8) is 0 Å². The minimum atomic E-state index is -0.594. The van der Waals surface area contributed by atoms with Crippen molar-refractivity contribution in [2.24, 2.45) is 0 Å². The number of aryl methyl sites for hydroxylation is 1. The molecule has 1 unspecified atom stereocenters. The monoisotopic (exact) mass is 318 g/mol. The normalized spacial score (nSPS) is 22.6. The van der Waals surface area contributed by atoms with Gasteiger partial charge in [-0.2, -0.15) is 5.10 Å². The summed E-state index contributed by atoms with van der Waals surface area (Å²) in [4.78, 5) is 17.6. The maximum Gasteiger partial charge on any atom is 0.249 e. The van der Waals surface area contributed by atoms with Gasteiger partial charge in [0.05, 0.1) is 0 Å². The van der Waals surface area contributed by atoms with Crippen LogP contribution in [0.1, 0.15) is 22.6 Å². The van der Waals surface area contributed by atoms with Crippen molar-refractivity contribution < 1.29 is 4.79 Å². The van der Waals surface area contributed by atoms with Gasteiger partial charge in [0.2, 0.25) is 5.91 Å². The molecule has 2 aromatic rings. The molecule has 0 bridgehead atoms. The van der Waals surface area contributed by atoms with E-state index in [1.807, 2.05) is 28.3 Å². The average Bonchev–Trinajstić information content (AvgIpc) is 3.18. The molecule has 0 aliphatic carbocycles. The Hall–Kier alpha value is -1.66. The molecule has 1 fully saturated rings. The zero-order valence-corrected chi connectivity index (χ0v) is 13.9. The fourth-order valence-corrected chi connectivity index (χ4v) is 4.21. The fourth-order valence-electron chi connectivity index (χ4n) is 3.28. The largest absolute Gasteiger partial charge is 0.357 e. The number of likely N-dealkylation sites (N-methyl/N-ethyl adjacent to an activating group) is 1. The van der Waals surface area contributed by atoms with Crippen molar-refractivity contribution in [1.29, 1.82) is 0 Å². The minimum Gasteiger partial charge on any atom is -0.357 e. The molecule has 1 aliphatic rings. The number of rotatable bonds is 4. The Morgan fingerprint density at radius 1 is 1.50 bits per heavy atom. The molecule has 3 heterocycles. The van der Waals surface area contributed by atoms with Crippen LogP contribution in [0.15, 0.2) is 30.6 Å². The Bertz CT molecular complexity index is 636. The number of carbonyl (C=O) groups excluding carboxylic acids is 1. The van der Waals surface area contributed by atoms with Crippen molar-refractivity contribution in [3.8, 4) is 0 Å². The highest BCUT2D eigenvalue weighted by molar-refractivity contribution is 7.11. The molecule has 22 heavy (non-hydrogen) atoms. The van der Waals surface area contributed by atoms with Crippen LogP contribution in [0.5, 0.6) is 0 Å². The smallest absolute Gasteiger partial charge is 0.249 e. The molecule has 1 saturated heterocycles. The molecule has 0 spiro atoms. The van der Waals surface area contributed by atoms with Gasteiger partial charge in [0.25, 0.3) is 0 Å². The molecule has 1 aliphatic heterocycles. The summed E-state index contributed by atoms with van der Waals surface area (Å²) in [6.45, 7) is 4.75. The Labute approximate surface area is 134 Å². The fraction of sp³-hybridized carbons (Fsp3) is 0.500. The van der Waals surface area contributed by atoms with Gasteiger partial charge < -0.3 is 5.32 Å². The predicted molar refractivity (Wildman–Crippen MR) is 87.8 cm³/mol. The van der Waals surface area contributed by atoms with Crippen molar-refractivity contribution in [2.75, 3.05) is 20.1 Å². The number of hydrogen-bond acceptors (Lipinski definition) is 4. The minimum absolute atomic E-state index is 0.0447. The summed E-state index contributed by atoms with van der Waals surface area (Å²) in [7, 11) is 1.70. The highest BCUT2D eigenvalue weighted by atomic mass is 32.1. The SMILES string of the molecule is CNC(=O)C1(n2cccn2)CCCN(Cc2ccc(C)s2)C1. The first-order chi connectivity index (χ1) is 10.6. The van der Waals surface area contributed by atoms with Crippen LogP contribution in [0.2, 0.25) is 0 Å². The number of thiophene rings is 1. The maximum absolute atomic E-state index is 12.6. The van der Waals surface area contributed by atoms with Crippen molar-refractivity contribution in [2.45, 2.75) is 31.8 Å². The van der Waals surface area contributed by atoms with E-state index >= 15 is 0 Å². The lowest BCUT2D eigenvalue weighted by molar-refractivity contribution is -0.133. The molecule has 1 amide bonds. The van der Waals surface area contributed by atoms with E-state index in [0.717, 1.165) is 25.9 Å². The molecule has 3 rings (SSSR count). The molecule has 2 aromatic heterocycles. The molecular formula is C16H22N4OS. The van der Waals surface area contributed by atoms with E-state index in [4.69, 9.17) is 0 Å². The molecule has 1 atom stereocenters. The number of carbonyl (C=O) groups is 1. The van der Waals surface area contributed by atoms with Gasteiger partial charge in [-0.1, -0.05) is 0 Å². The number of nitrogens with zero attached hydrogens (tertiary/aromatic N) is 3. The lowest BCUT2D eigenvalue weighted by Crippen LogP contribution is -2.57. The number of aromatic nitrogens is 2. The molecule has 118 valence electrons. The van der Waals surface area contributed by atoms with Crippen LogP contribution >= 0.6 is 11.3 Å². The second kappa shape index (κ2) is 6.22. The van der Waals surface area contributed by atoms with Crippen molar-refractivity contribution in [1.82, 2.24) is 20.0 Å². The summed E-state index contributed by atoms with van der Waals surface area (Å²) in [5, 5.41) is 7.19. The zero-order chi connectivity index (χ0) is 15.6. The first kappa shape index (κ1) is 15.2. The summed E-state index contributed by atoms with van der Waals surface area (Å²) in [5.74, 6) is 0.0447. The number of piperidine rings is 1. The average molecular weight is 318 g/mol. The van der Waals surface area contributed by atoms with Crippen LogP contribution in [0.25, 0.3) is 0 Å². The van der Waals surface area contributed by atoms with Crippen molar-refractivity contribution in [3.05, 3.63) is 40.3 Å². The Morgan fingerprint density at radius 2 is 2.36 bits per heavy atom. The van der Waals surface area contributed by atoms with Crippen LogP contribution < -0.4 is 5.32 Å². The van der Waals surface area contributed by atoms with Crippen molar-refractivity contribution >= 4 is 17.2 Å². The summed E-state index contributed by atoms with van der Waals surface area (Å²) >= 11 is 1.83. The topological polar surface area (TPSA) is 50.2 Å². The van der Waals surface area contributed by atoms with Gasteiger partial charge in [-0.3, -0.25) is 14.4 Å². The van der Waals surface area contributed by atoms with Gasteiger partial charge in [0, 0.05) is 42.3 Å². The first-order valence-electron chi connectivity index (χ1n) is 7.64. The second-order valence-corrected chi connectivity index (χ2v) is 7.26.